The third-order valence-corrected chi connectivity index (χ3v) is 4.51. The van der Waals surface area contributed by atoms with Gasteiger partial charge in [0.05, 0.1) is 5.52 Å². The zero-order chi connectivity index (χ0) is 14.8. The van der Waals surface area contributed by atoms with Crippen LogP contribution in [0.15, 0.2) is 36.5 Å². The smallest absolute Gasteiger partial charge is 0.224 e. The maximum Gasteiger partial charge on any atom is 0.224 e. The van der Waals surface area contributed by atoms with Crippen molar-refractivity contribution in [2.75, 3.05) is 6.54 Å². The summed E-state index contributed by atoms with van der Waals surface area (Å²) in [7, 11) is 0. The van der Waals surface area contributed by atoms with Gasteiger partial charge in [0.2, 0.25) is 5.91 Å². The molecule has 0 aliphatic carbocycles. The van der Waals surface area contributed by atoms with Crippen LogP contribution in [0.5, 0.6) is 0 Å². The van der Waals surface area contributed by atoms with Gasteiger partial charge in [-0.05, 0) is 17.7 Å². The molecule has 1 saturated heterocycles. The van der Waals surface area contributed by atoms with Gasteiger partial charge in [0.25, 0.3) is 0 Å². The maximum atomic E-state index is 12.0. The van der Waals surface area contributed by atoms with Crippen LogP contribution in [0, 0.1) is 0 Å². The number of likely N-dealkylation sites (tertiary alicyclic amines) is 1. The number of nitrogens with zero attached hydrogens (tertiary/aromatic N) is 2. The van der Waals surface area contributed by atoms with Crippen LogP contribution in [-0.4, -0.2) is 32.7 Å². The number of fused-ring (bicyclic) bond motifs is 1. The van der Waals surface area contributed by atoms with Crippen LogP contribution in [-0.2, 0) is 16.1 Å². The molecule has 0 N–H and O–H groups in total. The molecule has 1 atom stereocenters. The van der Waals surface area contributed by atoms with E-state index in [4.69, 9.17) is 0 Å². The second-order valence-corrected chi connectivity index (χ2v) is 6.72. The predicted octanol–water partition coefficient (Wildman–Crippen LogP) is 2.62. The average Bonchev–Trinajstić information content (AvgIpc) is 2.77. The van der Waals surface area contributed by atoms with E-state index in [1.54, 1.807) is 6.92 Å². The first kappa shape index (κ1) is 14.1. The Hall–Kier alpha value is -1.88. The minimum absolute atomic E-state index is 0.0713. The van der Waals surface area contributed by atoms with E-state index in [0.29, 0.717) is 19.5 Å². The van der Waals surface area contributed by atoms with Crippen molar-refractivity contribution in [2.24, 2.45) is 0 Å². The quantitative estimate of drug-likeness (QED) is 0.874. The van der Waals surface area contributed by atoms with Gasteiger partial charge >= 0.3 is 0 Å². The van der Waals surface area contributed by atoms with Crippen molar-refractivity contribution < 1.29 is 9.59 Å². The second-order valence-electron chi connectivity index (χ2n) is 5.25. The first-order valence-electron chi connectivity index (χ1n) is 6.90. The zero-order valence-electron chi connectivity index (χ0n) is 11.8. The lowest BCUT2D eigenvalue weighted by Gasteiger charge is -2.16. The van der Waals surface area contributed by atoms with E-state index < -0.39 is 0 Å². The number of pyridine rings is 1. The molecule has 5 heteroatoms. The van der Waals surface area contributed by atoms with Crippen molar-refractivity contribution in [3.8, 4) is 0 Å². The topological polar surface area (TPSA) is 50.3 Å². The fourth-order valence-electron chi connectivity index (χ4n) is 2.63. The molecule has 2 heterocycles. The van der Waals surface area contributed by atoms with Crippen molar-refractivity contribution in [2.45, 2.75) is 25.1 Å². The molecule has 1 aliphatic rings. The first-order chi connectivity index (χ1) is 10.1. The Kier molecular flexibility index (Phi) is 3.92. The minimum Gasteiger partial charge on any atom is -0.337 e. The lowest BCUT2D eigenvalue weighted by Crippen LogP contribution is -2.25. The van der Waals surface area contributed by atoms with E-state index in [-0.39, 0.29) is 16.3 Å². The molecule has 1 fully saturated rings. The normalized spacial score (nSPS) is 18.4. The molecule has 1 unspecified atom stereocenters. The fourth-order valence-corrected chi connectivity index (χ4v) is 3.58. The molecule has 2 aromatic rings. The standard InChI is InChI=1S/C16H16N2O2S/c1-11(19)21-14-7-16(20)18(10-14)9-12-6-13-4-2-3-5-15(13)17-8-12/h2-6,8,14H,7,9-10H2,1H3. The molecule has 1 aromatic heterocycles. The van der Waals surface area contributed by atoms with Gasteiger partial charge in [0.15, 0.2) is 5.12 Å². The van der Waals surface area contributed by atoms with Crippen molar-refractivity contribution in [1.29, 1.82) is 0 Å². The van der Waals surface area contributed by atoms with Crippen molar-refractivity contribution in [3.63, 3.8) is 0 Å². The fraction of sp³-hybridized carbons (Fsp3) is 0.312. The van der Waals surface area contributed by atoms with Gasteiger partial charge in [0, 0.05) is 43.3 Å². The van der Waals surface area contributed by atoms with E-state index >= 15 is 0 Å². The number of rotatable bonds is 3. The third kappa shape index (κ3) is 3.24. The van der Waals surface area contributed by atoms with Gasteiger partial charge in [-0.15, -0.1) is 0 Å². The van der Waals surface area contributed by atoms with Crippen molar-refractivity contribution in [1.82, 2.24) is 9.88 Å². The molecular formula is C16H16N2O2S. The molecule has 108 valence electrons. The molecule has 0 bridgehead atoms. The molecular weight excluding hydrogens is 284 g/mol. The summed E-state index contributed by atoms with van der Waals surface area (Å²) in [4.78, 5) is 29.4. The Balaban J connectivity index is 1.73. The number of aromatic nitrogens is 1. The van der Waals surface area contributed by atoms with Crippen molar-refractivity contribution in [3.05, 3.63) is 42.1 Å². The van der Waals surface area contributed by atoms with Gasteiger partial charge < -0.3 is 4.90 Å². The van der Waals surface area contributed by atoms with E-state index in [2.05, 4.69) is 11.1 Å². The van der Waals surface area contributed by atoms with Crippen LogP contribution in [0.3, 0.4) is 0 Å². The SMILES string of the molecule is CC(=O)SC1CC(=O)N(Cc2cnc3ccccc3c2)C1. The summed E-state index contributed by atoms with van der Waals surface area (Å²) in [6.07, 6.45) is 2.27. The van der Waals surface area contributed by atoms with Crippen LogP contribution >= 0.6 is 11.8 Å². The van der Waals surface area contributed by atoms with E-state index in [1.165, 1.54) is 11.8 Å². The van der Waals surface area contributed by atoms with Gasteiger partial charge in [-0.2, -0.15) is 0 Å². The molecule has 1 aromatic carbocycles. The minimum atomic E-state index is 0.0713. The summed E-state index contributed by atoms with van der Waals surface area (Å²) in [6, 6.07) is 10.0. The van der Waals surface area contributed by atoms with Crippen LogP contribution in [0.1, 0.15) is 18.9 Å². The zero-order valence-corrected chi connectivity index (χ0v) is 12.6. The highest BCUT2D eigenvalue weighted by Crippen LogP contribution is 2.25. The van der Waals surface area contributed by atoms with Crippen LogP contribution in [0.25, 0.3) is 10.9 Å². The summed E-state index contributed by atoms with van der Waals surface area (Å²) >= 11 is 1.27. The number of hydrogen-bond acceptors (Lipinski definition) is 4. The highest BCUT2D eigenvalue weighted by Gasteiger charge is 2.30. The largest absolute Gasteiger partial charge is 0.337 e. The van der Waals surface area contributed by atoms with E-state index in [9.17, 15) is 9.59 Å². The Morgan fingerprint density at radius 1 is 1.43 bits per heavy atom. The second kappa shape index (κ2) is 5.85. The predicted molar refractivity (Wildman–Crippen MR) is 83.8 cm³/mol. The Bertz CT molecular complexity index is 701. The lowest BCUT2D eigenvalue weighted by atomic mass is 10.1. The number of carbonyl (C=O) groups is 2. The molecule has 1 aliphatic heterocycles. The van der Waals surface area contributed by atoms with Crippen LogP contribution in [0.4, 0.5) is 0 Å². The highest BCUT2D eigenvalue weighted by atomic mass is 32.2. The maximum absolute atomic E-state index is 12.0. The molecule has 4 nitrogen and oxygen atoms in total. The summed E-state index contributed by atoms with van der Waals surface area (Å²) < 4.78 is 0. The summed E-state index contributed by atoms with van der Waals surface area (Å²) in [6.45, 7) is 2.74. The number of thioether (sulfide) groups is 1. The van der Waals surface area contributed by atoms with Gasteiger partial charge in [-0.25, -0.2) is 0 Å². The van der Waals surface area contributed by atoms with E-state index in [1.807, 2.05) is 35.4 Å². The molecule has 0 spiro atoms. The van der Waals surface area contributed by atoms with Gasteiger partial charge in [0.1, 0.15) is 0 Å². The monoisotopic (exact) mass is 300 g/mol. The molecule has 21 heavy (non-hydrogen) atoms. The van der Waals surface area contributed by atoms with E-state index in [0.717, 1.165) is 16.5 Å². The Labute approximate surface area is 127 Å². The Morgan fingerprint density at radius 3 is 3.05 bits per heavy atom. The average molecular weight is 300 g/mol. The number of benzene rings is 1. The third-order valence-electron chi connectivity index (χ3n) is 3.53. The summed E-state index contributed by atoms with van der Waals surface area (Å²) in [5, 5.41) is 1.24. The van der Waals surface area contributed by atoms with Crippen LogP contribution in [0.2, 0.25) is 0 Å². The molecule has 3 rings (SSSR count). The number of hydrogen-bond donors (Lipinski definition) is 0. The Morgan fingerprint density at radius 2 is 2.24 bits per heavy atom. The number of carbonyl (C=O) groups excluding carboxylic acids is 2. The summed E-state index contributed by atoms with van der Waals surface area (Å²) in [5.41, 5.74) is 1.98. The van der Waals surface area contributed by atoms with Crippen molar-refractivity contribution >= 4 is 33.7 Å². The number of para-hydroxylation sites is 1. The molecule has 0 radical (unpaired) electrons. The van der Waals surface area contributed by atoms with Gasteiger partial charge in [-0.1, -0.05) is 30.0 Å². The molecule has 1 amide bonds. The van der Waals surface area contributed by atoms with Crippen LogP contribution < -0.4 is 0 Å². The molecule has 0 saturated carbocycles. The van der Waals surface area contributed by atoms with Gasteiger partial charge in [-0.3, -0.25) is 14.6 Å². The number of amides is 1. The highest BCUT2D eigenvalue weighted by molar-refractivity contribution is 8.14. The summed E-state index contributed by atoms with van der Waals surface area (Å²) in [5.74, 6) is 0.113. The lowest BCUT2D eigenvalue weighted by molar-refractivity contribution is -0.128. The first-order valence-corrected chi connectivity index (χ1v) is 7.78.